The van der Waals surface area contributed by atoms with Crippen molar-refractivity contribution < 1.29 is 13.2 Å². The van der Waals surface area contributed by atoms with Crippen LogP contribution in [0.4, 0.5) is 0 Å². The summed E-state index contributed by atoms with van der Waals surface area (Å²) in [6, 6.07) is -0.112. The van der Waals surface area contributed by atoms with Gasteiger partial charge in [0, 0.05) is 25.8 Å². The number of methoxy groups -OCH3 is 1. The third kappa shape index (κ3) is 8.80. The first kappa shape index (κ1) is 14.8. The van der Waals surface area contributed by atoms with Crippen molar-refractivity contribution in [2.45, 2.75) is 38.8 Å². The van der Waals surface area contributed by atoms with Crippen molar-refractivity contribution in [1.82, 2.24) is 4.72 Å². The summed E-state index contributed by atoms with van der Waals surface area (Å²) in [5.74, 6) is 0.101. The molecule has 0 saturated heterocycles. The Labute approximate surface area is 92.4 Å². The Morgan fingerprint density at radius 2 is 2.00 bits per heavy atom. The maximum atomic E-state index is 11.5. The average Bonchev–Trinajstić information content (AvgIpc) is 2.00. The molecule has 0 aliphatic heterocycles. The standard InChI is InChI=1S/C9H22N2O3S/c1-8(10)7-9(2)11-15(12,13)6-4-5-14-3/h8-9,11H,4-7,10H2,1-3H3. The number of nitrogens with one attached hydrogen (secondary N) is 1. The Morgan fingerprint density at radius 1 is 1.40 bits per heavy atom. The van der Waals surface area contributed by atoms with Gasteiger partial charge in [0.2, 0.25) is 10.0 Å². The van der Waals surface area contributed by atoms with E-state index in [4.69, 9.17) is 10.5 Å². The molecule has 0 radical (unpaired) electrons. The second kappa shape index (κ2) is 7.16. The van der Waals surface area contributed by atoms with Crippen molar-refractivity contribution in [2.24, 2.45) is 5.73 Å². The zero-order chi connectivity index (χ0) is 11.9. The Morgan fingerprint density at radius 3 is 2.47 bits per heavy atom. The van der Waals surface area contributed by atoms with Crippen LogP contribution in [-0.4, -0.2) is 40.0 Å². The fourth-order valence-electron chi connectivity index (χ4n) is 1.36. The second-order valence-corrected chi connectivity index (χ2v) is 5.77. The zero-order valence-electron chi connectivity index (χ0n) is 9.69. The first-order valence-corrected chi connectivity index (χ1v) is 6.77. The number of sulfonamides is 1. The van der Waals surface area contributed by atoms with Gasteiger partial charge >= 0.3 is 0 Å². The van der Waals surface area contributed by atoms with Gasteiger partial charge < -0.3 is 10.5 Å². The lowest BCUT2D eigenvalue weighted by Gasteiger charge is -2.15. The molecule has 0 fully saturated rings. The van der Waals surface area contributed by atoms with Crippen LogP contribution in [0.25, 0.3) is 0 Å². The van der Waals surface area contributed by atoms with E-state index in [2.05, 4.69) is 4.72 Å². The van der Waals surface area contributed by atoms with E-state index in [0.717, 1.165) is 0 Å². The van der Waals surface area contributed by atoms with E-state index in [9.17, 15) is 8.42 Å². The molecule has 0 aromatic heterocycles. The molecule has 0 rings (SSSR count). The van der Waals surface area contributed by atoms with Crippen LogP contribution in [0.3, 0.4) is 0 Å². The van der Waals surface area contributed by atoms with Crippen LogP contribution in [0.15, 0.2) is 0 Å². The lowest BCUT2D eigenvalue weighted by atomic mass is 10.1. The maximum absolute atomic E-state index is 11.5. The van der Waals surface area contributed by atoms with Crippen LogP contribution >= 0.6 is 0 Å². The lowest BCUT2D eigenvalue weighted by Crippen LogP contribution is -2.37. The van der Waals surface area contributed by atoms with Gasteiger partial charge in [-0.3, -0.25) is 0 Å². The van der Waals surface area contributed by atoms with E-state index in [1.165, 1.54) is 0 Å². The van der Waals surface area contributed by atoms with Gasteiger partial charge in [0.15, 0.2) is 0 Å². The molecular formula is C9H22N2O3S. The number of ether oxygens (including phenoxy) is 1. The largest absolute Gasteiger partial charge is 0.385 e. The minimum Gasteiger partial charge on any atom is -0.385 e. The van der Waals surface area contributed by atoms with E-state index >= 15 is 0 Å². The molecule has 6 heteroatoms. The SMILES string of the molecule is COCCCS(=O)(=O)NC(C)CC(C)N. The second-order valence-electron chi connectivity index (χ2n) is 3.90. The van der Waals surface area contributed by atoms with Gasteiger partial charge in [-0.1, -0.05) is 0 Å². The number of hydrogen-bond donors (Lipinski definition) is 2. The van der Waals surface area contributed by atoms with Gasteiger partial charge in [-0.25, -0.2) is 13.1 Å². The predicted molar refractivity (Wildman–Crippen MR) is 61.1 cm³/mol. The van der Waals surface area contributed by atoms with Crippen LogP contribution in [0.2, 0.25) is 0 Å². The van der Waals surface area contributed by atoms with Crippen molar-refractivity contribution in [3.63, 3.8) is 0 Å². The average molecular weight is 238 g/mol. The molecule has 0 aliphatic carbocycles. The summed E-state index contributed by atoms with van der Waals surface area (Å²) < 4.78 is 30.4. The third-order valence-electron chi connectivity index (χ3n) is 1.87. The molecule has 0 saturated carbocycles. The highest BCUT2D eigenvalue weighted by Gasteiger charge is 2.14. The fourth-order valence-corrected chi connectivity index (χ4v) is 2.69. The Kier molecular flexibility index (Phi) is 7.08. The third-order valence-corrected chi connectivity index (χ3v) is 3.46. The molecule has 0 spiro atoms. The number of rotatable bonds is 8. The molecule has 0 aromatic carbocycles. The molecule has 0 aromatic rings. The highest BCUT2D eigenvalue weighted by Crippen LogP contribution is 1.99. The van der Waals surface area contributed by atoms with E-state index in [-0.39, 0.29) is 17.8 Å². The van der Waals surface area contributed by atoms with Crippen molar-refractivity contribution in [2.75, 3.05) is 19.5 Å². The Hall–Kier alpha value is -0.170. The molecule has 0 heterocycles. The zero-order valence-corrected chi connectivity index (χ0v) is 10.5. The van der Waals surface area contributed by atoms with E-state index in [0.29, 0.717) is 19.4 Å². The number of nitrogens with two attached hydrogens (primary N) is 1. The van der Waals surface area contributed by atoms with Gasteiger partial charge in [0.1, 0.15) is 0 Å². The molecule has 2 atom stereocenters. The molecule has 0 amide bonds. The highest BCUT2D eigenvalue weighted by molar-refractivity contribution is 7.89. The monoisotopic (exact) mass is 238 g/mol. The molecule has 5 nitrogen and oxygen atoms in total. The quantitative estimate of drug-likeness (QED) is 0.586. The summed E-state index contributed by atoms with van der Waals surface area (Å²) in [7, 11) is -1.63. The van der Waals surface area contributed by atoms with Gasteiger partial charge in [0.05, 0.1) is 5.75 Å². The van der Waals surface area contributed by atoms with Crippen molar-refractivity contribution in [3.05, 3.63) is 0 Å². The van der Waals surface area contributed by atoms with E-state index in [1.54, 1.807) is 7.11 Å². The van der Waals surface area contributed by atoms with Crippen LogP contribution in [-0.2, 0) is 14.8 Å². The summed E-state index contributed by atoms with van der Waals surface area (Å²) in [5, 5.41) is 0. The lowest BCUT2D eigenvalue weighted by molar-refractivity contribution is 0.199. The molecular weight excluding hydrogens is 216 g/mol. The summed E-state index contributed by atoms with van der Waals surface area (Å²) in [5.41, 5.74) is 5.58. The molecule has 92 valence electrons. The van der Waals surface area contributed by atoms with Crippen LogP contribution < -0.4 is 10.5 Å². The molecule has 0 bridgehead atoms. The summed E-state index contributed by atoms with van der Waals surface area (Å²) in [6.45, 7) is 4.13. The molecule has 15 heavy (non-hydrogen) atoms. The highest BCUT2D eigenvalue weighted by atomic mass is 32.2. The first-order valence-electron chi connectivity index (χ1n) is 5.12. The smallest absolute Gasteiger partial charge is 0.211 e. The summed E-state index contributed by atoms with van der Waals surface area (Å²) in [4.78, 5) is 0. The van der Waals surface area contributed by atoms with Crippen molar-refractivity contribution in [1.29, 1.82) is 0 Å². The summed E-state index contributed by atoms with van der Waals surface area (Å²) in [6.07, 6.45) is 1.15. The van der Waals surface area contributed by atoms with Crippen molar-refractivity contribution >= 4 is 10.0 Å². The minimum atomic E-state index is -3.18. The van der Waals surface area contributed by atoms with E-state index in [1.807, 2.05) is 13.8 Å². The number of hydrogen-bond acceptors (Lipinski definition) is 4. The maximum Gasteiger partial charge on any atom is 0.211 e. The minimum absolute atomic E-state index is 0.00155. The van der Waals surface area contributed by atoms with Crippen LogP contribution in [0, 0.1) is 0 Å². The van der Waals surface area contributed by atoms with Gasteiger partial charge in [-0.15, -0.1) is 0 Å². The van der Waals surface area contributed by atoms with Crippen molar-refractivity contribution in [3.8, 4) is 0 Å². The molecule has 3 N–H and O–H groups in total. The Balaban J connectivity index is 3.91. The molecule has 2 unspecified atom stereocenters. The predicted octanol–water partition coefficient (Wildman–Crippen LogP) is 0.0681. The van der Waals surface area contributed by atoms with Gasteiger partial charge in [0.25, 0.3) is 0 Å². The molecule has 0 aliphatic rings. The fraction of sp³-hybridized carbons (Fsp3) is 1.00. The Bertz CT molecular complexity index is 252. The topological polar surface area (TPSA) is 81.4 Å². The van der Waals surface area contributed by atoms with Gasteiger partial charge in [-0.05, 0) is 26.7 Å². The normalized spacial score (nSPS) is 16.3. The van der Waals surface area contributed by atoms with Crippen LogP contribution in [0.1, 0.15) is 26.7 Å². The van der Waals surface area contributed by atoms with E-state index < -0.39 is 10.0 Å². The van der Waals surface area contributed by atoms with Gasteiger partial charge in [-0.2, -0.15) is 0 Å². The summed E-state index contributed by atoms with van der Waals surface area (Å²) >= 11 is 0. The first-order chi connectivity index (χ1) is 6.87. The van der Waals surface area contributed by atoms with Crippen LogP contribution in [0.5, 0.6) is 0 Å².